The van der Waals surface area contributed by atoms with Crippen LogP contribution in [0.2, 0.25) is 0 Å². The van der Waals surface area contributed by atoms with E-state index >= 15 is 0 Å². The van der Waals surface area contributed by atoms with Crippen molar-refractivity contribution in [3.8, 4) is 33.9 Å². The first-order chi connectivity index (χ1) is 20.5. The zero-order chi connectivity index (χ0) is 28.6. The minimum absolute atomic E-state index is 0.301. The molecule has 0 atom stereocenters. The number of pyridine rings is 3. The average Bonchev–Trinajstić information content (AvgIpc) is 3.61. The van der Waals surface area contributed by atoms with E-state index in [1.165, 1.54) is 17.7 Å². The molecule has 0 saturated heterocycles. The first-order valence-corrected chi connectivity index (χ1v) is 13.4. The fraction of sp³-hybridized carbons (Fsp3) is 0.0606. The van der Waals surface area contributed by atoms with Gasteiger partial charge in [-0.05, 0) is 47.9 Å². The van der Waals surface area contributed by atoms with Crippen LogP contribution in [0.5, 0.6) is 0 Å². The Morgan fingerprint density at radius 1 is 0.905 bits per heavy atom. The number of allylic oxidation sites excluding steroid dienone is 1. The Hall–Kier alpha value is -5.70. The number of anilines is 1. The molecule has 0 radical (unpaired) electrons. The number of halogens is 1. The molecule has 8 nitrogen and oxygen atoms in total. The van der Waals surface area contributed by atoms with E-state index < -0.39 is 0 Å². The zero-order valence-electron chi connectivity index (χ0n) is 22.7. The Labute approximate surface area is 240 Å². The maximum absolute atomic E-state index is 14.2. The molecule has 7 rings (SSSR count). The SMILES string of the molecule is C=C(Cc1ccccc1)Nc1cncc(-c2cc3c(-c4nc5c(-c6cc(C)cc(F)c6)cncc5[nH]4)n[nH]c3cn2)c1. The van der Waals surface area contributed by atoms with Gasteiger partial charge in [-0.2, -0.15) is 5.10 Å². The lowest BCUT2D eigenvalue weighted by molar-refractivity contribution is 0.627. The maximum Gasteiger partial charge on any atom is 0.159 e. The van der Waals surface area contributed by atoms with Crippen LogP contribution < -0.4 is 5.32 Å². The van der Waals surface area contributed by atoms with Gasteiger partial charge in [0, 0.05) is 41.0 Å². The normalized spacial score (nSPS) is 11.3. The van der Waals surface area contributed by atoms with E-state index in [0.29, 0.717) is 23.5 Å². The summed E-state index contributed by atoms with van der Waals surface area (Å²) in [6.07, 6.45) is 9.41. The standard InChI is InChI=1S/C33H25FN8/c1-19-8-22(11-24(34)9-19)27-16-36-17-30-31(27)40-33(39-30)32-26-13-28(37-18-29(26)41-42-32)23-12-25(15-35-14-23)38-20(2)10-21-6-4-3-5-7-21/h3-9,11-18,38H,2,10H2,1H3,(H,39,40)(H,41,42). The molecule has 0 aliphatic rings. The number of aromatic nitrogens is 7. The molecule has 5 heterocycles. The van der Waals surface area contributed by atoms with Crippen LogP contribution in [0.1, 0.15) is 11.1 Å². The quantitative estimate of drug-likeness (QED) is 0.192. The van der Waals surface area contributed by atoms with Crippen LogP contribution >= 0.6 is 0 Å². The number of rotatable bonds is 7. The van der Waals surface area contributed by atoms with Crippen LogP contribution in [0.25, 0.3) is 55.8 Å². The number of nitrogens with zero attached hydrogens (tertiary/aromatic N) is 5. The molecule has 0 saturated carbocycles. The molecule has 204 valence electrons. The molecule has 0 bridgehead atoms. The van der Waals surface area contributed by atoms with Crippen LogP contribution in [0, 0.1) is 12.7 Å². The molecule has 3 N–H and O–H groups in total. The number of hydrogen-bond acceptors (Lipinski definition) is 6. The zero-order valence-corrected chi connectivity index (χ0v) is 22.7. The highest BCUT2D eigenvalue weighted by Crippen LogP contribution is 2.33. The maximum atomic E-state index is 14.2. The minimum atomic E-state index is -0.301. The summed E-state index contributed by atoms with van der Waals surface area (Å²) in [6.45, 7) is 6.04. The molecule has 0 unspecified atom stereocenters. The van der Waals surface area contributed by atoms with E-state index in [1.54, 1.807) is 31.0 Å². The molecule has 0 aliphatic carbocycles. The highest BCUT2D eigenvalue weighted by Gasteiger charge is 2.17. The summed E-state index contributed by atoms with van der Waals surface area (Å²) in [6, 6.07) is 19.1. The van der Waals surface area contributed by atoms with Crippen molar-refractivity contribution in [2.24, 2.45) is 0 Å². The van der Waals surface area contributed by atoms with Crippen molar-refractivity contribution in [3.63, 3.8) is 0 Å². The summed E-state index contributed by atoms with van der Waals surface area (Å²) in [4.78, 5) is 21.6. The van der Waals surface area contributed by atoms with Gasteiger partial charge in [-0.1, -0.05) is 43.0 Å². The van der Waals surface area contributed by atoms with Crippen molar-refractivity contribution in [1.29, 1.82) is 0 Å². The number of aromatic amines is 2. The van der Waals surface area contributed by atoms with Gasteiger partial charge in [-0.25, -0.2) is 9.37 Å². The number of nitrogens with one attached hydrogen (secondary N) is 3. The van der Waals surface area contributed by atoms with Crippen molar-refractivity contribution in [1.82, 2.24) is 35.1 Å². The molecule has 0 amide bonds. The topological polar surface area (TPSA) is 108 Å². The van der Waals surface area contributed by atoms with Crippen molar-refractivity contribution in [2.75, 3.05) is 5.32 Å². The summed E-state index contributed by atoms with van der Waals surface area (Å²) in [5, 5.41) is 11.8. The number of fused-ring (bicyclic) bond motifs is 2. The average molecular weight is 553 g/mol. The Morgan fingerprint density at radius 3 is 2.62 bits per heavy atom. The Balaban J connectivity index is 1.22. The second kappa shape index (κ2) is 10.4. The van der Waals surface area contributed by atoms with Crippen molar-refractivity contribution in [2.45, 2.75) is 13.3 Å². The van der Waals surface area contributed by atoms with Gasteiger partial charge >= 0.3 is 0 Å². The summed E-state index contributed by atoms with van der Waals surface area (Å²) in [5.41, 5.74) is 9.57. The molecular weight excluding hydrogens is 527 g/mol. The van der Waals surface area contributed by atoms with Crippen LogP contribution in [0.3, 0.4) is 0 Å². The Kier molecular flexibility index (Phi) is 6.24. The largest absolute Gasteiger partial charge is 0.358 e. The molecule has 42 heavy (non-hydrogen) atoms. The first kappa shape index (κ1) is 25.3. The van der Waals surface area contributed by atoms with E-state index in [2.05, 4.69) is 54.2 Å². The van der Waals surface area contributed by atoms with E-state index in [0.717, 1.165) is 55.8 Å². The number of hydrogen-bond donors (Lipinski definition) is 3. The molecule has 7 aromatic rings. The minimum Gasteiger partial charge on any atom is -0.358 e. The third kappa shape index (κ3) is 4.88. The third-order valence-corrected chi connectivity index (χ3v) is 7.03. The molecule has 0 spiro atoms. The molecule has 5 aromatic heterocycles. The summed E-state index contributed by atoms with van der Waals surface area (Å²) in [7, 11) is 0. The van der Waals surface area contributed by atoms with Crippen molar-refractivity contribution in [3.05, 3.63) is 121 Å². The van der Waals surface area contributed by atoms with Gasteiger partial charge in [0.15, 0.2) is 5.82 Å². The van der Waals surface area contributed by atoms with Gasteiger partial charge in [0.2, 0.25) is 0 Å². The highest BCUT2D eigenvalue weighted by atomic mass is 19.1. The number of imidazole rings is 1. The van der Waals surface area contributed by atoms with Crippen LogP contribution in [-0.2, 0) is 6.42 Å². The smallest absolute Gasteiger partial charge is 0.159 e. The lowest BCUT2D eigenvalue weighted by atomic mass is 10.0. The number of H-pyrrole nitrogens is 2. The number of benzene rings is 2. The fourth-order valence-corrected chi connectivity index (χ4v) is 5.14. The van der Waals surface area contributed by atoms with Crippen molar-refractivity contribution >= 4 is 27.6 Å². The Bertz CT molecular complexity index is 2070. The lowest BCUT2D eigenvalue weighted by Gasteiger charge is -2.11. The molecular formula is C33H25FN8. The monoisotopic (exact) mass is 552 g/mol. The van der Waals surface area contributed by atoms with Gasteiger partial charge in [0.25, 0.3) is 0 Å². The second-order valence-corrected chi connectivity index (χ2v) is 10.2. The molecule has 2 aromatic carbocycles. The second-order valence-electron chi connectivity index (χ2n) is 10.2. The van der Waals surface area contributed by atoms with Crippen LogP contribution in [0.4, 0.5) is 10.1 Å². The summed E-state index contributed by atoms with van der Waals surface area (Å²) in [5.74, 6) is 0.270. The molecule has 9 heteroatoms. The van der Waals surface area contributed by atoms with E-state index in [9.17, 15) is 4.39 Å². The third-order valence-electron chi connectivity index (χ3n) is 7.03. The molecule has 0 fully saturated rings. The van der Waals surface area contributed by atoms with E-state index in [-0.39, 0.29) is 5.82 Å². The summed E-state index contributed by atoms with van der Waals surface area (Å²) >= 11 is 0. The lowest BCUT2D eigenvalue weighted by Crippen LogP contribution is -2.02. The molecule has 0 aliphatic heterocycles. The van der Waals surface area contributed by atoms with Gasteiger partial charge < -0.3 is 10.3 Å². The highest BCUT2D eigenvalue weighted by molar-refractivity contribution is 5.97. The predicted octanol–water partition coefficient (Wildman–Crippen LogP) is 7.24. The predicted molar refractivity (Wildman–Crippen MR) is 163 cm³/mol. The van der Waals surface area contributed by atoms with Crippen LogP contribution in [-0.4, -0.2) is 35.1 Å². The summed E-state index contributed by atoms with van der Waals surface area (Å²) < 4.78 is 14.2. The van der Waals surface area contributed by atoms with Crippen molar-refractivity contribution < 1.29 is 4.39 Å². The van der Waals surface area contributed by atoms with Crippen LogP contribution in [0.15, 0.2) is 104 Å². The fourth-order valence-electron chi connectivity index (χ4n) is 5.14. The number of aryl methyl sites for hydroxylation is 1. The van der Waals surface area contributed by atoms with Gasteiger partial charge in [0.05, 0.1) is 46.5 Å². The first-order valence-electron chi connectivity index (χ1n) is 13.4. The van der Waals surface area contributed by atoms with Gasteiger partial charge in [-0.3, -0.25) is 20.1 Å². The van der Waals surface area contributed by atoms with E-state index in [4.69, 9.17) is 4.98 Å². The Morgan fingerprint density at radius 2 is 1.76 bits per heavy atom. The van der Waals surface area contributed by atoms with E-state index in [1.807, 2.05) is 43.3 Å². The van der Waals surface area contributed by atoms with Gasteiger partial charge in [-0.15, -0.1) is 0 Å². The van der Waals surface area contributed by atoms with Gasteiger partial charge in [0.1, 0.15) is 11.5 Å².